The van der Waals surface area contributed by atoms with E-state index in [-0.39, 0.29) is 0 Å². The van der Waals surface area contributed by atoms with Crippen LogP contribution in [0.1, 0.15) is 97.8 Å². The molecule has 0 saturated heterocycles. The number of rotatable bonds is 13. The summed E-state index contributed by atoms with van der Waals surface area (Å²) in [5.74, 6) is 0.939. The molecule has 108 valence electrons. The van der Waals surface area contributed by atoms with E-state index >= 15 is 0 Å². The first kappa shape index (κ1) is 17.7. The van der Waals surface area contributed by atoms with E-state index in [0.717, 1.165) is 5.92 Å². The molecule has 0 bridgehead atoms. The van der Waals surface area contributed by atoms with Gasteiger partial charge in [0.2, 0.25) is 0 Å². The molecule has 0 fully saturated rings. The van der Waals surface area contributed by atoms with Crippen LogP contribution in [0.2, 0.25) is 0 Å². The first-order valence-corrected chi connectivity index (χ1v) is 8.50. The maximum absolute atomic E-state index is 2.44. The van der Waals surface area contributed by atoms with Crippen molar-refractivity contribution in [1.29, 1.82) is 0 Å². The van der Waals surface area contributed by atoms with Gasteiger partial charge in [0.1, 0.15) is 0 Å². The van der Waals surface area contributed by atoms with E-state index < -0.39 is 0 Å². The zero-order valence-electron chi connectivity index (χ0n) is 13.2. The molecule has 0 heterocycles. The average Bonchev–Trinajstić information content (AvgIpc) is 2.40. The molecule has 0 aromatic rings. The minimum Gasteiger partial charge on any atom is -0.0885 e. The van der Waals surface area contributed by atoms with Crippen LogP contribution in [0.3, 0.4) is 0 Å². The SMILES string of the molecule is CCCCCCC=CCC(CC)CCCCCC. The van der Waals surface area contributed by atoms with Gasteiger partial charge in [0, 0.05) is 0 Å². The second-order valence-corrected chi connectivity index (χ2v) is 5.68. The lowest BCUT2D eigenvalue weighted by Crippen LogP contribution is -1.97. The highest BCUT2D eigenvalue weighted by atomic mass is 14.1. The minimum atomic E-state index is 0.939. The third-order valence-corrected chi connectivity index (χ3v) is 3.90. The lowest BCUT2D eigenvalue weighted by Gasteiger charge is -2.11. The quantitative estimate of drug-likeness (QED) is 0.247. The van der Waals surface area contributed by atoms with E-state index in [1.54, 1.807) is 0 Å². The molecular weight excluding hydrogens is 216 g/mol. The fraction of sp³-hybridized carbons (Fsp3) is 0.889. The zero-order chi connectivity index (χ0) is 13.5. The lowest BCUT2D eigenvalue weighted by molar-refractivity contribution is 0.445. The maximum atomic E-state index is 2.44. The Kier molecular flexibility index (Phi) is 14.6. The van der Waals surface area contributed by atoms with Crippen LogP contribution in [-0.4, -0.2) is 0 Å². The van der Waals surface area contributed by atoms with E-state index in [1.807, 2.05) is 0 Å². The fourth-order valence-corrected chi connectivity index (χ4v) is 2.44. The van der Waals surface area contributed by atoms with Gasteiger partial charge in [-0.1, -0.05) is 90.7 Å². The zero-order valence-corrected chi connectivity index (χ0v) is 13.2. The maximum Gasteiger partial charge on any atom is -0.0322 e. The Labute approximate surface area is 116 Å². The van der Waals surface area contributed by atoms with Gasteiger partial charge in [-0.3, -0.25) is 0 Å². The highest BCUT2D eigenvalue weighted by Crippen LogP contribution is 2.18. The summed E-state index contributed by atoms with van der Waals surface area (Å²) in [4.78, 5) is 0. The molecule has 1 unspecified atom stereocenters. The first-order chi connectivity index (χ1) is 8.85. The molecule has 0 aliphatic heterocycles. The third kappa shape index (κ3) is 12.2. The summed E-state index contributed by atoms with van der Waals surface area (Å²) < 4.78 is 0. The molecule has 0 radical (unpaired) electrons. The Balaban J connectivity index is 3.44. The smallest absolute Gasteiger partial charge is 0.0322 e. The fourth-order valence-electron chi connectivity index (χ4n) is 2.44. The van der Waals surface area contributed by atoms with Crippen LogP contribution < -0.4 is 0 Å². The predicted octanol–water partition coefficient (Wildman–Crippen LogP) is 6.90. The van der Waals surface area contributed by atoms with Crippen molar-refractivity contribution in [2.24, 2.45) is 5.92 Å². The van der Waals surface area contributed by atoms with Crippen molar-refractivity contribution >= 4 is 0 Å². The van der Waals surface area contributed by atoms with Crippen molar-refractivity contribution in [3.05, 3.63) is 12.2 Å². The average molecular weight is 252 g/mol. The van der Waals surface area contributed by atoms with Crippen LogP contribution in [0.5, 0.6) is 0 Å². The number of allylic oxidation sites excluding steroid dienone is 2. The standard InChI is InChI=1S/C18H36/c1-4-7-9-11-12-13-15-17-18(6-3)16-14-10-8-5-2/h13,15,18H,4-12,14,16-17H2,1-3H3. The van der Waals surface area contributed by atoms with E-state index in [9.17, 15) is 0 Å². The molecule has 0 aliphatic carbocycles. The van der Waals surface area contributed by atoms with Crippen molar-refractivity contribution in [1.82, 2.24) is 0 Å². The van der Waals surface area contributed by atoms with E-state index in [4.69, 9.17) is 0 Å². The molecular formula is C18H36. The Hall–Kier alpha value is -0.260. The minimum absolute atomic E-state index is 0.939. The van der Waals surface area contributed by atoms with Gasteiger partial charge in [-0.15, -0.1) is 0 Å². The summed E-state index contributed by atoms with van der Waals surface area (Å²) >= 11 is 0. The Morgan fingerprint density at radius 2 is 1.39 bits per heavy atom. The molecule has 0 aromatic carbocycles. The number of hydrogen-bond acceptors (Lipinski definition) is 0. The molecule has 0 heteroatoms. The van der Waals surface area contributed by atoms with Crippen LogP contribution in [0.4, 0.5) is 0 Å². The van der Waals surface area contributed by atoms with Gasteiger partial charge in [-0.05, 0) is 25.2 Å². The van der Waals surface area contributed by atoms with Crippen LogP contribution in [0, 0.1) is 5.92 Å². The predicted molar refractivity (Wildman–Crippen MR) is 85.1 cm³/mol. The highest BCUT2D eigenvalue weighted by molar-refractivity contribution is 4.83. The lowest BCUT2D eigenvalue weighted by atomic mass is 9.94. The van der Waals surface area contributed by atoms with Gasteiger partial charge >= 0.3 is 0 Å². The Bertz CT molecular complexity index is 169. The van der Waals surface area contributed by atoms with Crippen molar-refractivity contribution in [2.45, 2.75) is 97.8 Å². The second-order valence-electron chi connectivity index (χ2n) is 5.68. The highest BCUT2D eigenvalue weighted by Gasteiger charge is 2.03. The van der Waals surface area contributed by atoms with E-state index in [0.29, 0.717) is 0 Å². The van der Waals surface area contributed by atoms with Crippen LogP contribution in [-0.2, 0) is 0 Å². The Morgan fingerprint density at radius 3 is 2.00 bits per heavy atom. The molecule has 18 heavy (non-hydrogen) atoms. The third-order valence-electron chi connectivity index (χ3n) is 3.90. The summed E-state index contributed by atoms with van der Waals surface area (Å²) in [6.07, 6.45) is 21.5. The molecule has 0 amide bonds. The largest absolute Gasteiger partial charge is 0.0885 e. The second kappa shape index (κ2) is 14.8. The summed E-state index contributed by atoms with van der Waals surface area (Å²) in [6, 6.07) is 0. The number of hydrogen-bond donors (Lipinski definition) is 0. The summed E-state index contributed by atoms with van der Waals surface area (Å²) in [6.45, 7) is 6.92. The van der Waals surface area contributed by atoms with Crippen LogP contribution in [0.25, 0.3) is 0 Å². The van der Waals surface area contributed by atoms with Crippen LogP contribution >= 0.6 is 0 Å². The van der Waals surface area contributed by atoms with Gasteiger partial charge in [-0.2, -0.15) is 0 Å². The Morgan fingerprint density at radius 1 is 0.722 bits per heavy atom. The van der Waals surface area contributed by atoms with Gasteiger partial charge in [0.15, 0.2) is 0 Å². The van der Waals surface area contributed by atoms with Gasteiger partial charge in [0.05, 0.1) is 0 Å². The van der Waals surface area contributed by atoms with Crippen molar-refractivity contribution in [3.8, 4) is 0 Å². The summed E-state index contributed by atoms with van der Waals surface area (Å²) in [5.41, 5.74) is 0. The summed E-state index contributed by atoms with van der Waals surface area (Å²) in [7, 11) is 0. The van der Waals surface area contributed by atoms with Crippen molar-refractivity contribution in [3.63, 3.8) is 0 Å². The number of unbranched alkanes of at least 4 members (excludes halogenated alkanes) is 7. The van der Waals surface area contributed by atoms with Crippen molar-refractivity contribution in [2.75, 3.05) is 0 Å². The van der Waals surface area contributed by atoms with E-state index in [2.05, 4.69) is 32.9 Å². The molecule has 0 saturated carbocycles. The topological polar surface area (TPSA) is 0 Å². The van der Waals surface area contributed by atoms with Gasteiger partial charge in [-0.25, -0.2) is 0 Å². The monoisotopic (exact) mass is 252 g/mol. The normalized spacial score (nSPS) is 13.3. The van der Waals surface area contributed by atoms with Crippen molar-refractivity contribution < 1.29 is 0 Å². The molecule has 0 aromatic heterocycles. The molecule has 1 atom stereocenters. The molecule has 0 N–H and O–H groups in total. The molecule has 0 aliphatic rings. The van der Waals surface area contributed by atoms with E-state index in [1.165, 1.54) is 77.0 Å². The first-order valence-electron chi connectivity index (χ1n) is 8.50. The van der Waals surface area contributed by atoms with Gasteiger partial charge in [0.25, 0.3) is 0 Å². The van der Waals surface area contributed by atoms with Crippen LogP contribution in [0.15, 0.2) is 12.2 Å². The van der Waals surface area contributed by atoms with Gasteiger partial charge < -0.3 is 0 Å². The molecule has 0 rings (SSSR count). The molecule has 0 spiro atoms. The summed E-state index contributed by atoms with van der Waals surface area (Å²) in [5, 5.41) is 0. The molecule has 0 nitrogen and oxygen atoms in total.